The predicted molar refractivity (Wildman–Crippen MR) is 69.5 cm³/mol. The first kappa shape index (κ1) is 12.1. The number of rotatable bonds is 4. The lowest BCUT2D eigenvalue weighted by Crippen LogP contribution is -1.90. The van der Waals surface area contributed by atoms with E-state index in [1.165, 1.54) is 5.56 Å². The number of aryl methyl sites for hydroxylation is 1. The van der Waals surface area contributed by atoms with Gasteiger partial charge in [-0.05, 0) is 30.2 Å². The van der Waals surface area contributed by atoms with Crippen molar-refractivity contribution in [3.63, 3.8) is 0 Å². The summed E-state index contributed by atoms with van der Waals surface area (Å²) in [7, 11) is 0. The highest BCUT2D eigenvalue weighted by molar-refractivity contribution is 5.32. The molecule has 18 heavy (non-hydrogen) atoms. The third-order valence-electron chi connectivity index (χ3n) is 2.52. The second-order valence-electron chi connectivity index (χ2n) is 3.97. The van der Waals surface area contributed by atoms with E-state index in [9.17, 15) is 0 Å². The Morgan fingerprint density at radius 1 is 1.17 bits per heavy atom. The van der Waals surface area contributed by atoms with Crippen LogP contribution in [0.3, 0.4) is 0 Å². The molecule has 1 aromatic carbocycles. The van der Waals surface area contributed by atoms with Crippen LogP contribution < -0.4 is 4.74 Å². The zero-order chi connectivity index (χ0) is 12.8. The topological polar surface area (TPSA) is 45.9 Å². The number of benzene rings is 1. The molecule has 0 aliphatic rings. The number of hydrogen-bond donors (Lipinski definition) is 0. The van der Waals surface area contributed by atoms with Gasteiger partial charge in [-0.2, -0.15) is 5.26 Å². The van der Waals surface area contributed by atoms with Crippen molar-refractivity contribution in [2.75, 3.05) is 0 Å². The molecule has 0 N–H and O–H groups in total. The van der Waals surface area contributed by atoms with E-state index in [4.69, 9.17) is 10.00 Å². The fourth-order valence-corrected chi connectivity index (χ4v) is 1.67. The summed E-state index contributed by atoms with van der Waals surface area (Å²) in [6.07, 6.45) is 2.20. The number of ether oxygens (including phenoxy) is 1. The van der Waals surface area contributed by atoms with Crippen LogP contribution in [0.4, 0.5) is 0 Å². The van der Waals surface area contributed by atoms with Gasteiger partial charge in [-0.1, -0.05) is 31.5 Å². The highest BCUT2D eigenvalue weighted by Gasteiger charge is 2.00. The van der Waals surface area contributed by atoms with Crippen LogP contribution in [0, 0.1) is 11.3 Å². The molecule has 1 aromatic heterocycles. The van der Waals surface area contributed by atoms with E-state index in [1.54, 1.807) is 18.2 Å². The van der Waals surface area contributed by atoms with Crippen molar-refractivity contribution in [1.29, 1.82) is 5.26 Å². The van der Waals surface area contributed by atoms with E-state index in [0.29, 0.717) is 11.6 Å². The van der Waals surface area contributed by atoms with Gasteiger partial charge >= 0.3 is 0 Å². The van der Waals surface area contributed by atoms with Gasteiger partial charge in [0.25, 0.3) is 0 Å². The summed E-state index contributed by atoms with van der Waals surface area (Å²) in [4.78, 5) is 4.06. The maximum atomic E-state index is 8.76. The highest BCUT2D eigenvalue weighted by atomic mass is 16.5. The second-order valence-corrected chi connectivity index (χ2v) is 3.97. The zero-order valence-corrected chi connectivity index (χ0v) is 10.3. The van der Waals surface area contributed by atoms with E-state index in [1.807, 2.05) is 30.3 Å². The smallest absolute Gasteiger partial charge is 0.220 e. The van der Waals surface area contributed by atoms with Crippen LogP contribution in [0.2, 0.25) is 0 Å². The van der Waals surface area contributed by atoms with Crippen LogP contribution in [-0.4, -0.2) is 4.98 Å². The number of nitrogens with zero attached hydrogens (tertiary/aromatic N) is 2. The quantitative estimate of drug-likeness (QED) is 0.815. The van der Waals surface area contributed by atoms with Crippen molar-refractivity contribution in [2.24, 2.45) is 0 Å². The maximum absolute atomic E-state index is 8.76. The molecule has 0 aliphatic heterocycles. The minimum Gasteiger partial charge on any atom is -0.439 e. The molecule has 0 atom stereocenters. The summed E-state index contributed by atoms with van der Waals surface area (Å²) in [5, 5.41) is 8.76. The molecular weight excluding hydrogens is 224 g/mol. The van der Waals surface area contributed by atoms with Crippen LogP contribution in [0.1, 0.15) is 24.6 Å². The van der Waals surface area contributed by atoms with Crippen molar-refractivity contribution in [3.8, 4) is 17.7 Å². The second kappa shape index (κ2) is 5.83. The van der Waals surface area contributed by atoms with E-state index in [-0.39, 0.29) is 0 Å². The first-order valence-electron chi connectivity index (χ1n) is 5.96. The molecule has 0 spiro atoms. The fourth-order valence-electron chi connectivity index (χ4n) is 1.67. The molecule has 0 amide bonds. The summed E-state index contributed by atoms with van der Waals surface area (Å²) in [6.45, 7) is 2.15. The van der Waals surface area contributed by atoms with Crippen molar-refractivity contribution in [3.05, 3.63) is 53.7 Å². The average molecular weight is 238 g/mol. The molecule has 0 saturated carbocycles. The molecule has 0 fully saturated rings. The Kier molecular flexibility index (Phi) is 3.93. The van der Waals surface area contributed by atoms with E-state index in [2.05, 4.69) is 11.9 Å². The molecule has 3 nitrogen and oxygen atoms in total. The molecule has 3 heteroatoms. The monoisotopic (exact) mass is 238 g/mol. The number of nitriles is 1. The molecule has 0 radical (unpaired) electrons. The Balaban J connectivity index is 2.11. The Morgan fingerprint density at radius 3 is 2.61 bits per heavy atom. The molecule has 0 unspecified atom stereocenters. The highest BCUT2D eigenvalue weighted by Crippen LogP contribution is 2.20. The molecule has 2 aromatic rings. The lowest BCUT2D eigenvalue weighted by Gasteiger charge is -2.05. The van der Waals surface area contributed by atoms with Crippen molar-refractivity contribution in [2.45, 2.75) is 19.8 Å². The molecule has 0 saturated heterocycles. The number of aromatic nitrogens is 1. The SMILES string of the molecule is CCCc1ccc(Oc2cccc(C#N)n2)cc1. The van der Waals surface area contributed by atoms with Crippen LogP contribution in [-0.2, 0) is 6.42 Å². The van der Waals surface area contributed by atoms with E-state index in [0.717, 1.165) is 18.6 Å². The van der Waals surface area contributed by atoms with Gasteiger partial charge in [0.1, 0.15) is 17.5 Å². The molecule has 0 aliphatic carbocycles. The van der Waals surface area contributed by atoms with E-state index < -0.39 is 0 Å². The summed E-state index contributed by atoms with van der Waals surface area (Å²) in [6, 6.07) is 15.1. The Hall–Kier alpha value is -2.34. The number of pyridine rings is 1. The van der Waals surface area contributed by atoms with Gasteiger partial charge in [-0.3, -0.25) is 0 Å². The minimum atomic E-state index is 0.357. The third kappa shape index (κ3) is 3.08. The Bertz CT molecular complexity index is 555. The maximum Gasteiger partial charge on any atom is 0.220 e. The normalized spacial score (nSPS) is 9.78. The third-order valence-corrected chi connectivity index (χ3v) is 2.52. The van der Waals surface area contributed by atoms with Gasteiger partial charge in [-0.15, -0.1) is 0 Å². The first-order valence-corrected chi connectivity index (χ1v) is 5.96. The van der Waals surface area contributed by atoms with Crippen molar-refractivity contribution >= 4 is 0 Å². The average Bonchev–Trinajstić information content (AvgIpc) is 2.42. The zero-order valence-electron chi connectivity index (χ0n) is 10.3. The molecule has 2 rings (SSSR count). The minimum absolute atomic E-state index is 0.357. The molecule has 1 heterocycles. The van der Waals surface area contributed by atoms with Crippen LogP contribution >= 0.6 is 0 Å². The molecule has 90 valence electrons. The van der Waals surface area contributed by atoms with Gasteiger partial charge in [-0.25, -0.2) is 4.98 Å². The van der Waals surface area contributed by atoms with Crippen LogP contribution in [0.15, 0.2) is 42.5 Å². The largest absolute Gasteiger partial charge is 0.439 e. The van der Waals surface area contributed by atoms with Crippen LogP contribution in [0.25, 0.3) is 0 Å². The fraction of sp³-hybridized carbons (Fsp3) is 0.200. The van der Waals surface area contributed by atoms with Gasteiger partial charge in [0, 0.05) is 6.07 Å². The summed E-state index contributed by atoms with van der Waals surface area (Å²) in [5.41, 5.74) is 1.65. The predicted octanol–water partition coefficient (Wildman–Crippen LogP) is 3.70. The van der Waals surface area contributed by atoms with Gasteiger partial charge in [0.15, 0.2) is 0 Å². The lowest BCUT2D eigenvalue weighted by molar-refractivity contribution is 0.462. The Morgan fingerprint density at radius 2 is 1.94 bits per heavy atom. The summed E-state index contributed by atoms with van der Waals surface area (Å²) >= 11 is 0. The number of hydrogen-bond acceptors (Lipinski definition) is 3. The Labute approximate surface area is 107 Å². The van der Waals surface area contributed by atoms with Gasteiger partial charge in [0.2, 0.25) is 5.88 Å². The summed E-state index contributed by atoms with van der Waals surface area (Å²) < 4.78 is 5.59. The van der Waals surface area contributed by atoms with Gasteiger partial charge in [0.05, 0.1) is 0 Å². The van der Waals surface area contributed by atoms with Crippen molar-refractivity contribution < 1.29 is 4.74 Å². The molecule has 0 bridgehead atoms. The summed E-state index contributed by atoms with van der Waals surface area (Å²) in [5.74, 6) is 1.18. The van der Waals surface area contributed by atoms with Crippen LogP contribution in [0.5, 0.6) is 11.6 Å². The standard InChI is InChI=1S/C15H14N2O/c1-2-4-12-7-9-14(10-8-12)18-15-6-3-5-13(11-16)17-15/h3,5-10H,2,4H2,1H3. The lowest BCUT2D eigenvalue weighted by atomic mass is 10.1. The van der Waals surface area contributed by atoms with E-state index >= 15 is 0 Å². The van der Waals surface area contributed by atoms with Crippen molar-refractivity contribution in [1.82, 2.24) is 4.98 Å². The van der Waals surface area contributed by atoms with Gasteiger partial charge < -0.3 is 4.74 Å². The first-order chi connectivity index (χ1) is 8.81. The molecular formula is C15H14N2O.